The summed E-state index contributed by atoms with van der Waals surface area (Å²) in [4.78, 5) is 19.0. The highest BCUT2D eigenvalue weighted by Gasteiger charge is 2.34. The molecule has 0 aliphatic carbocycles. The summed E-state index contributed by atoms with van der Waals surface area (Å²) in [6, 6.07) is 12.3. The van der Waals surface area contributed by atoms with E-state index in [-0.39, 0.29) is 24.2 Å². The molecule has 3 aromatic rings. The van der Waals surface area contributed by atoms with E-state index in [4.69, 9.17) is 4.74 Å². The lowest BCUT2D eigenvalue weighted by atomic mass is 10.00. The molecule has 1 N–H and O–H groups in total. The number of halogens is 1. The first-order valence-corrected chi connectivity index (χ1v) is 9.16. The Morgan fingerprint density at radius 3 is 2.92 bits per heavy atom. The average Bonchev–Trinajstić information content (AvgIpc) is 3.02. The van der Waals surface area contributed by atoms with Gasteiger partial charge in [-0.3, -0.25) is 4.79 Å². The van der Waals surface area contributed by atoms with Crippen LogP contribution in [0.15, 0.2) is 42.5 Å². The van der Waals surface area contributed by atoms with Crippen LogP contribution in [0.5, 0.6) is 5.75 Å². The second-order valence-electron chi connectivity index (χ2n) is 6.24. The highest BCUT2D eigenvalue weighted by atomic mass is 32.1. The van der Waals surface area contributed by atoms with Crippen LogP contribution in [0.2, 0.25) is 0 Å². The zero-order chi connectivity index (χ0) is 18.1. The number of nitrogens with one attached hydrogen (secondary N) is 1. The first kappa shape index (κ1) is 16.8. The normalized spacial score (nSPS) is 14.3. The summed E-state index contributed by atoms with van der Waals surface area (Å²) < 4.78 is 19.9. The smallest absolute Gasteiger partial charge is 0.226 e. The van der Waals surface area contributed by atoms with E-state index in [2.05, 4.69) is 15.2 Å². The Hall–Kier alpha value is -2.67. The van der Waals surface area contributed by atoms with Crippen molar-refractivity contribution in [1.82, 2.24) is 10.3 Å². The Bertz CT molecular complexity index is 953. The summed E-state index contributed by atoms with van der Waals surface area (Å²) in [5, 5.41) is 3.72. The molecule has 1 aliphatic rings. The number of carbonyl (C=O) groups excluding carboxylic acids is 1. The molecule has 0 bridgehead atoms. The minimum atomic E-state index is -0.298. The number of thiazole rings is 1. The van der Waals surface area contributed by atoms with Crippen molar-refractivity contribution in [2.24, 2.45) is 5.92 Å². The lowest BCUT2D eigenvalue weighted by molar-refractivity contribution is -0.125. The lowest BCUT2D eigenvalue weighted by Gasteiger charge is -2.37. The van der Waals surface area contributed by atoms with Gasteiger partial charge in [0.15, 0.2) is 5.13 Å². The molecule has 1 aromatic heterocycles. The van der Waals surface area contributed by atoms with Crippen molar-refractivity contribution in [3.8, 4) is 5.75 Å². The molecule has 26 heavy (non-hydrogen) atoms. The minimum Gasteiger partial charge on any atom is -0.497 e. The highest BCUT2D eigenvalue weighted by molar-refractivity contribution is 7.22. The van der Waals surface area contributed by atoms with Crippen LogP contribution in [0.3, 0.4) is 0 Å². The Labute approximate surface area is 154 Å². The van der Waals surface area contributed by atoms with Crippen molar-refractivity contribution in [3.05, 3.63) is 53.8 Å². The molecule has 0 spiro atoms. The van der Waals surface area contributed by atoms with Gasteiger partial charge in [0.05, 0.1) is 23.2 Å². The van der Waals surface area contributed by atoms with Gasteiger partial charge < -0.3 is 15.0 Å². The van der Waals surface area contributed by atoms with Gasteiger partial charge in [0, 0.05) is 31.3 Å². The molecule has 4 rings (SSSR count). The van der Waals surface area contributed by atoms with Gasteiger partial charge in [-0.15, -0.1) is 0 Å². The second kappa shape index (κ2) is 6.92. The van der Waals surface area contributed by atoms with Crippen molar-refractivity contribution in [1.29, 1.82) is 0 Å². The number of ether oxygens (including phenoxy) is 1. The number of hydrogen-bond donors (Lipinski definition) is 1. The molecular formula is C19H18FN3O2S. The van der Waals surface area contributed by atoms with E-state index in [1.165, 1.54) is 6.07 Å². The maximum absolute atomic E-state index is 13.6. The van der Waals surface area contributed by atoms with E-state index >= 15 is 0 Å². The molecule has 0 saturated carbocycles. The van der Waals surface area contributed by atoms with Gasteiger partial charge in [-0.2, -0.15) is 0 Å². The number of anilines is 1. The number of benzene rings is 2. The molecule has 134 valence electrons. The van der Waals surface area contributed by atoms with Crippen molar-refractivity contribution >= 4 is 32.6 Å². The number of methoxy groups -OCH3 is 1. The van der Waals surface area contributed by atoms with E-state index in [9.17, 15) is 9.18 Å². The maximum atomic E-state index is 13.6. The number of carbonyl (C=O) groups is 1. The van der Waals surface area contributed by atoms with E-state index in [0.29, 0.717) is 18.7 Å². The third kappa shape index (κ3) is 3.22. The van der Waals surface area contributed by atoms with Crippen LogP contribution < -0.4 is 15.0 Å². The predicted octanol–water partition coefficient (Wildman–Crippen LogP) is 3.20. The van der Waals surface area contributed by atoms with Crippen LogP contribution in [0.1, 0.15) is 5.56 Å². The maximum Gasteiger partial charge on any atom is 0.226 e. The number of amides is 1. The van der Waals surface area contributed by atoms with Gasteiger partial charge in [-0.05, 0) is 18.2 Å². The summed E-state index contributed by atoms with van der Waals surface area (Å²) in [7, 11) is 1.63. The fourth-order valence-electron chi connectivity index (χ4n) is 2.93. The number of hydrogen-bond acceptors (Lipinski definition) is 5. The fourth-order valence-corrected chi connectivity index (χ4v) is 3.89. The molecule has 1 saturated heterocycles. The van der Waals surface area contributed by atoms with Gasteiger partial charge in [0.2, 0.25) is 5.91 Å². The molecule has 2 heterocycles. The summed E-state index contributed by atoms with van der Waals surface area (Å²) in [5.74, 6) is 0.340. The Kier molecular flexibility index (Phi) is 4.46. The molecule has 7 heteroatoms. The molecule has 1 amide bonds. The zero-order valence-electron chi connectivity index (χ0n) is 14.2. The van der Waals surface area contributed by atoms with Gasteiger partial charge in [0.25, 0.3) is 0 Å². The van der Waals surface area contributed by atoms with E-state index in [1.807, 2.05) is 18.2 Å². The third-order valence-corrected chi connectivity index (χ3v) is 5.61. The van der Waals surface area contributed by atoms with Crippen molar-refractivity contribution in [2.75, 3.05) is 25.1 Å². The zero-order valence-corrected chi connectivity index (χ0v) is 15.1. The first-order valence-electron chi connectivity index (χ1n) is 8.34. The van der Waals surface area contributed by atoms with Gasteiger partial charge in [0.1, 0.15) is 11.6 Å². The standard InChI is InChI=1S/C19H18FN3O2S/c1-25-14-6-7-17-16(8-14)22-19(26-17)23-10-13(11-23)18(24)21-9-12-4-2-3-5-15(12)20/h2-8,13H,9-11H2,1H3,(H,21,24). The van der Waals surface area contributed by atoms with Gasteiger partial charge in [-0.25, -0.2) is 9.37 Å². The number of nitrogens with zero attached hydrogens (tertiary/aromatic N) is 2. The van der Waals surface area contributed by atoms with Crippen LogP contribution in [0, 0.1) is 11.7 Å². The van der Waals surface area contributed by atoms with Crippen LogP contribution in [-0.4, -0.2) is 31.1 Å². The highest BCUT2D eigenvalue weighted by Crippen LogP contribution is 2.34. The molecule has 0 radical (unpaired) electrons. The SMILES string of the molecule is COc1ccc2sc(N3CC(C(=O)NCc4ccccc4F)C3)nc2c1. The van der Waals surface area contributed by atoms with Crippen molar-refractivity contribution < 1.29 is 13.9 Å². The van der Waals surface area contributed by atoms with Crippen molar-refractivity contribution in [2.45, 2.75) is 6.54 Å². The Morgan fingerprint density at radius 2 is 2.15 bits per heavy atom. The number of rotatable bonds is 5. The van der Waals surface area contributed by atoms with Crippen LogP contribution in [0.25, 0.3) is 10.2 Å². The number of aromatic nitrogens is 1. The van der Waals surface area contributed by atoms with Crippen LogP contribution >= 0.6 is 11.3 Å². The lowest BCUT2D eigenvalue weighted by Crippen LogP contribution is -2.53. The summed E-state index contributed by atoms with van der Waals surface area (Å²) in [6.07, 6.45) is 0. The summed E-state index contributed by atoms with van der Waals surface area (Å²) in [5.41, 5.74) is 1.40. The van der Waals surface area contributed by atoms with Gasteiger partial charge in [-0.1, -0.05) is 29.5 Å². The second-order valence-corrected chi connectivity index (χ2v) is 7.25. The Balaban J connectivity index is 1.34. The van der Waals surface area contributed by atoms with Crippen molar-refractivity contribution in [3.63, 3.8) is 0 Å². The first-order chi connectivity index (χ1) is 12.6. The fraction of sp³-hybridized carbons (Fsp3) is 0.263. The van der Waals surface area contributed by atoms with Crippen LogP contribution in [-0.2, 0) is 11.3 Å². The van der Waals surface area contributed by atoms with Crippen LogP contribution in [0.4, 0.5) is 9.52 Å². The largest absolute Gasteiger partial charge is 0.497 e. The quantitative estimate of drug-likeness (QED) is 0.748. The molecule has 0 unspecified atom stereocenters. The van der Waals surface area contributed by atoms with E-state index < -0.39 is 0 Å². The molecule has 1 fully saturated rings. The average molecular weight is 371 g/mol. The summed E-state index contributed by atoms with van der Waals surface area (Å²) >= 11 is 1.60. The monoisotopic (exact) mass is 371 g/mol. The predicted molar refractivity (Wildman–Crippen MR) is 100 cm³/mol. The third-order valence-electron chi connectivity index (χ3n) is 4.52. The molecule has 1 aliphatic heterocycles. The summed E-state index contributed by atoms with van der Waals surface area (Å²) in [6.45, 7) is 1.46. The van der Waals surface area contributed by atoms with E-state index in [1.54, 1.807) is 36.6 Å². The molecule has 2 aromatic carbocycles. The Morgan fingerprint density at radius 1 is 1.35 bits per heavy atom. The molecular weight excluding hydrogens is 353 g/mol. The molecule has 5 nitrogen and oxygen atoms in total. The van der Waals surface area contributed by atoms with E-state index in [0.717, 1.165) is 21.1 Å². The topological polar surface area (TPSA) is 54.5 Å². The molecule has 0 atom stereocenters. The minimum absolute atomic E-state index is 0.0488. The number of fused-ring (bicyclic) bond motifs is 1. The van der Waals surface area contributed by atoms with Gasteiger partial charge >= 0.3 is 0 Å².